The lowest BCUT2D eigenvalue weighted by Crippen LogP contribution is -2.66. The van der Waals surface area contributed by atoms with Gasteiger partial charge in [0.2, 0.25) is 0 Å². The third-order valence-electron chi connectivity index (χ3n) is 4.47. The Hall–Kier alpha value is -0.290. The van der Waals surface area contributed by atoms with Crippen molar-refractivity contribution in [2.45, 2.75) is 63.8 Å². The van der Waals surface area contributed by atoms with E-state index in [9.17, 15) is 13.2 Å². The van der Waals surface area contributed by atoms with E-state index < -0.39 is 12.6 Å². The van der Waals surface area contributed by atoms with Crippen molar-refractivity contribution in [2.75, 3.05) is 13.2 Å². The van der Waals surface area contributed by atoms with Crippen molar-refractivity contribution in [1.82, 2.24) is 5.32 Å². The van der Waals surface area contributed by atoms with E-state index in [1.807, 2.05) is 6.92 Å². The average Bonchev–Trinajstić information content (AvgIpc) is 2.17. The monoisotopic (exact) mass is 265 g/mol. The van der Waals surface area contributed by atoms with Gasteiger partial charge in [0.1, 0.15) is 0 Å². The maximum atomic E-state index is 12.0. The summed E-state index contributed by atoms with van der Waals surface area (Å²) < 4.78 is 41.8. The Balaban J connectivity index is 1.68. The van der Waals surface area contributed by atoms with Crippen LogP contribution in [0.25, 0.3) is 0 Å². The zero-order valence-electron chi connectivity index (χ0n) is 10.9. The fourth-order valence-electron chi connectivity index (χ4n) is 3.29. The number of halogens is 3. The molecule has 0 amide bonds. The standard InChI is InChI=1S/C13H22F3NO/c1-2-18-11-9-10(12(11)5-3-6-12)17-8-4-7-13(14,15)16/h10-11,17H,2-9H2,1H3. The fraction of sp³-hybridized carbons (Fsp3) is 1.00. The van der Waals surface area contributed by atoms with Gasteiger partial charge >= 0.3 is 6.18 Å². The van der Waals surface area contributed by atoms with Crippen LogP contribution >= 0.6 is 0 Å². The molecule has 0 aromatic heterocycles. The van der Waals surface area contributed by atoms with Gasteiger partial charge in [-0.1, -0.05) is 6.42 Å². The van der Waals surface area contributed by atoms with Crippen molar-refractivity contribution in [2.24, 2.45) is 5.41 Å². The lowest BCUT2D eigenvalue weighted by Gasteiger charge is -2.61. The topological polar surface area (TPSA) is 21.3 Å². The predicted octanol–water partition coefficient (Wildman–Crippen LogP) is 3.27. The van der Waals surface area contributed by atoms with Crippen molar-refractivity contribution in [3.05, 3.63) is 0 Å². The van der Waals surface area contributed by atoms with Crippen LogP contribution in [0.5, 0.6) is 0 Å². The molecule has 1 spiro atoms. The Kier molecular flexibility index (Phi) is 4.22. The van der Waals surface area contributed by atoms with Crippen LogP contribution in [0.2, 0.25) is 0 Å². The molecule has 18 heavy (non-hydrogen) atoms. The molecule has 1 N–H and O–H groups in total. The molecule has 0 aromatic carbocycles. The van der Waals surface area contributed by atoms with Crippen molar-refractivity contribution in [1.29, 1.82) is 0 Å². The molecule has 0 aromatic rings. The number of hydrogen-bond donors (Lipinski definition) is 1. The molecule has 5 heteroatoms. The highest BCUT2D eigenvalue weighted by atomic mass is 19.4. The number of alkyl halides is 3. The smallest absolute Gasteiger partial charge is 0.378 e. The summed E-state index contributed by atoms with van der Waals surface area (Å²) in [5, 5.41) is 3.29. The summed E-state index contributed by atoms with van der Waals surface area (Å²) in [4.78, 5) is 0. The van der Waals surface area contributed by atoms with Crippen molar-refractivity contribution in [3.8, 4) is 0 Å². The highest BCUT2D eigenvalue weighted by molar-refractivity contribution is 5.12. The summed E-state index contributed by atoms with van der Waals surface area (Å²) in [7, 11) is 0. The second-order valence-electron chi connectivity index (χ2n) is 5.49. The molecule has 0 radical (unpaired) electrons. The van der Waals surface area contributed by atoms with Crippen molar-refractivity contribution >= 4 is 0 Å². The van der Waals surface area contributed by atoms with Crippen LogP contribution in [0.3, 0.4) is 0 Å². The molecule has 0 saturated heterocycles. The van der Waals surface area contributed by atoms with Gasteiger partial charge in [0.25, 0.3) is 0 Å². The van der Waals surface area contributed by atoms with Crippen molar-refractivity contribution in [3.63, 3.8) is 0 Å². The minimum absolute atomic E-state index is 0.176. The molecular formula is C13H22F3NO. The Morgan fingerprint density at radius 3 is 2.56 bits per heavy atom. The maximum Gasteiger partial charge on any atom is 0.389 e. The zero-order valence-corrected chi connectivity index (χ0v) is 10.9. The van der Waals surface area contributed by atoms with Gasteiger partial charge in [-0.25, -0.2) is 0 Å². The first-order valence-corrected chi connectivity index (χ1v) is 6.90. The van der Waals surface area contributed by atoms with Gasteiger partial charge in [0.15, 0.2) is 0 Å². The lowest BCUT2D eigenvalue weighted by atomic mass is 9.51. The van der Waals surface area contributed by atoms with E-state index >= 15 is 0 Å². The molecular weight excluding hydrogens is 243 g/mol. The summed E-state index contributed by atoms with van der Waals surface area (Å²) in [6.45, 7) is 3.19. The van der Waals surface area contributed by atoms with Gasteiger partial charge in [-0.3, -0.25) is 0 Å². The van der Waals surface area contributed by atoms with Gasteiger partial charge < -0.3 is 10.1 Å². The van der Waals surface area contributed by atoms with Gasteiger partial charge in [-0.2, -0.15) is 13.2 Å². The molecule has 2 aliphatic rings. The maximum absolute atomic E-state index is 12.0. The molecule has 2 atom stereocenters. The molecule has 0 bridgehead atoms. The van der Waals surface area contributed by atoms with E-state index in [1.165, 1.54) is 6.42 Å². The highest BCUT2D eigenvalue weighted by Gasteiger charge is 2.58. The van der Waals surface area contributed by atoms with Crippen LogP contribution in [-0.2, 0) is 4.74 Å². The highest BCUT2D eigenvalue weighted by Crippen LogP contribution is 2.57. The molecule has 2 aliphatic carbocycles. The molecule has 2 unspecified atom stereocenters. The molecule has 2 nitrogen and oxygen atoms in total. The van der Waals surface area contributed by atoms with E-state index in [4.69, 9.17) is 4.74 Å². The van der Waals surface area contributed by atoms with Crippen LogP contribution in [-0.4, -0.2) is 31.5 Å². The first-order chi connectivity index (χ1) is 8.48. The van der Waals surface area contributed by atoms with Gasteiger partial charge in [0.05, 0.1) is 6.10 Å². The number of nitrogens with one attached hydrogen (secondary N) is 1. The van der Waals surface area contributed by atoms with E-state index in [0.29, 0.717) is 18.7 Å². The second kappa shape index (κ2) is 5.37. The third kappa shape index (κ3) is 2.82. The SMILES string of the molecule is CCOC1CC(NCCCC(F)(F)F)C12CCC2. The Bertz CT molecular complexity index is 276. The Morgan fingerprint density at radius 2 is 2.06 bits per heavy atom. The molecule has 106 valence electrons. The fourth-order valence-corrected chi connectivity index (χ4v) is 3.29. The predicted molar refractivity (Wildman–Crippen MR) is 63.4 cm³/mol. The van der Waals surface area contributed by atoms with Crippen LogP contribution in [0, 0.1) is 5.41 Å². The van der Waals surface area contributed by atoms with Gasteiger partial charge in [-0.15, -0.1) is 0 Å². The normalized spacial score (nSPS) is 30.0. The minimum Gasteiger partial charge on any atom is -0.378 e. The van der Waals surface area contributed by atoms with Crippen LogP contribution in [0.15, 0.2) is 0 Å². The first-order valence-electron chi connectivity index (χ1n) is 6.90. The summed E-state index contributed by atoms with van der Waals surface area (Å²) in [5.41, 5.74) is 0.244. The zero-order chi connectivity index (χ0) is 13.2. The van der Waals surface area contributed by atoms with E-state index in [1.54, 1.807) is 0 Å². The van der Waals surface area contributed by atoms with Crippen LogP contribution in [0.1, 0.15) is 45.4 Å². The van der Waals surface area contributed by atoms with Crippen LogP contribution < -0.4 is 5.32 Å². The molecule has 0 aliphatic heterocycles. The first kappa shape index (κ1) is 14.1. The molecule has 2 rings (SSSR count). The van der Waals surface area contributed by atoms with E-state index in [0.717, 1.165) is 25.9 Å². The molecule has 2 fully saturated rings. The van der Waals surface area contributed by atoms with Gasteiger partial charge in [0, 0.05) is 24.5 Å². The largest absolute Gasteiger partial charge is 0.389 e. The number of ether oxygens (including phenoxy) is 1. The second-order valence-corrected chi connectivity index (χ2v) is 5.49. The Labute approximate surface area is 106 Å². The lowest BCUT2D eigenvalue weighted by molar-refractivity contribution is -0.173. The molecule has 2 saturated carbocycles. The third-order valence-corrected chi connectivity index (χ3v) is 4.47. The summed E-state index contributed by atoms with van der Waals surface area (Å²) in [6.07, 6.45) is 0.303. The van der Waals surface area contributed by atoms with Crippen molar-refractivity contribution < 1.29 is 17.9 Å². The van der Waals surface area contributed by atoms with E-state index in [2.05, 4.69) is 5.32 Å². The minimum atomic E-state index is -4.02. The molecule has 0 heterocycles. The number of hydrogen-bond acceptors (Lipinski definition) is 2. The Morgan fingerprint density at radius 1 is 1.33 bits per heavy atom. The summed E-state index contributed by atoms with van der Waals surface area (Å²) >= 11 is 0. The average molecular weight is 265 g/mol. The summed E-state index contributed by atoms with van der Waals surface area (Å²) in [6, 6.07) is 0.371. The van der Waals surface area contributed by atoms with Gasteiger partial charge in [-0.05, 0) is 39.2 Å². The van der Waals surface area contributed by atoms with Crippen LogP contribution in [0.4, 0.5) is 13.2 Å². The number of rotatable bonds is 6. The van der Waals surface area contributed by atoms with E-state index in [-0.39, 0.29) is 11.8 Å². The summed E-state index contributed by atoms with van der Waals surface area (Å²) in [5.74, 6) is 0. The quantitative estimate of drug-likeness (QED) is 0.744.